The van der Waals surface area contributed by atoms with Crippen LogP contribution in [0, 0.1) is 5.41 Å². The zero-order valence-electron chi connectivity index (χ0n) is 12.2. The quantitative estimate of drug-likeness (QED) is 0.786. The van der Waals surface area contributed by atoms with E-state index in [0.29, 0.717) is 5.69 Å². The topological polar surface area (TPSA) is 102 Å². The summed E-state index contributed by atoms with van der Waals surface area (Å²) in [4.78, 5) is 23.5. The minimum absolute atomic E-state index is 0.0549. The van der Waals surface area contributed by atoms with Crippen LogP contribution < -0.4 is 15.8 Å². The molecule has 114 valence electrons. The van der Waals surface area contributed by atoms with Gasteiger partial charge >= 0.3 is 5.97 Å². The van der Waals surface area contributed by atoms with Crippen molar-refractivity contribution in [1.29, 1.82) is 0 Å². The molecule has 2 atom stereocenters. The Morgan fingerprint density at radius 3 is 2.71 bits per heavy atom. The van der Waals surface area contributed by atoms with Gasteiger partial charge in [-0.2, -0.15) is 0 Å². The third kappa shape index (κ3) is 2.85. The third-order valence-corrected chi connectivity index (χ3v) is 4.24. The number of nitrogens with one attached hydrogen (secondary N) is 1. The molecular formula is C15H20N2O4. The van der Waals surface area contributed by atoms with Gasteiger partial charge in [-0.25, -0.2) is 4.79 Å². The number of nitrogens with two attached hydrogens (primary N) is 1. The van der Waals surface area contributed by atoms with Gasteiger partial charge in [0.2, 0.25) is 5.91 Å². The minimum Gasteiger partial charge on any atom is -0.496 e. The van der Waals surface area contributed by atoms with Crippen LogP contribution in [0.1, 0.15) is 36.5 Å². The summed E-state index contributed by atoms with van der Waals surface area (Å²) in [6.45, 7) is 1.86. The zero-order chi connectivity index (χ0) is 15.6. The van der Waals surface area contributed by atoms with Gasteiger partial charge in [0.1, 0.15) is 11.3 Å². The molecule has 0 radical (unpaired) electrons. The lowest BCUT2D eigenvalue weighted by atomic mass is 9.84. The molecule has 1 aromatic carbocycles. The van der Waals surface area contributed by atoms with E-state index in [1.165, 1.54) is 19.2 Å². The second-order valence-corrected chi connectivity index (χ2v) is 5.59. The number of carboxylic acid groups (broad SMARTS) is 1. The van der Waals surface area contributed by atoms with E-state index in [2.05, 4.69) is 5.32 Å². The average Bonchev–Trinajstić information content (AvgIpc) is 2.79. The Hall–Kier alpha value is -2.08. The summed E-state index contributed by atoms with van der Waals surface area (Å²) in [6.07, 6.45) is 2.53. The molecule has 1 aromatic rings. The fourth-order valence-corrected chi connectivity index (χ4v) is 2.69. The van der Waals surface area contributed by atoms with E-state index in [-0.39, 0.29) is 23.3 Å². The Kier molecular flexibility index (Phi) is 4.18. The molecule has 1 aliphatic rings. The molecule has 1 aliphatic carbocycles. The van der Waals surface area contributed by atoms with Crippen molar-refractivity contribution in [3.05, 3.63) is 23.8 Å². The van der Waals surface area contributed by atoms with Gasteiger partial charge in [-0.3, -0.25) is 4.79 Å². The number of carbonyl (C=O) groups excluding carboxylic acids is 1. The normalized spacial score (nSPS) is 24.6. The van der Waals surface area contributed by atoms with E-state index in [9.17, 15) is 9.59 Å². The van der Waals surface area contributed by atoms with Crippen molar-refractivity contribution in [2.75, 3.05) is 12.4 Å². The van der Waals surface area contributed by atoms with Gasteiger partial charge < -0.3 is 20.9 Å². The van der Waals surface area contributed by atoms with Gasteiger partial charge in [0.15, 0.2) is 0 Å². The Balaban J connectivity index is 2.20. The maximum atomic E-state index is 12.4. The Bertz CT molecular complexity index is 573. The number of carbonyl (C=O) groups is 2. The van der Waals surface area contributed by atoms with E-state index in [1.807, 2.05) is 6.92 Å². The number of hydrogen-bond acceptors (Lipinski definition) is 4. The minimum atomic E-state index is -1.07. The second-order valence-electron chi connectivity index (χ2n) is 5.59. The zero-order valence-corrected chi connectivity index (χ0v) is 12.2. The molecule has 0 saturated heterocycles. The molecular weight excluding hydrogens is 272 g/mol. The molecule has 6 heteroatoms. The van der Waals surface area contributed by atoms with Crippen LogP contribution in [0.4, 0.5) is 5.69 Å². The van der Waals surface area contributed by atoms with Crippen LogP contribution in [0.5, 0.6) is 5.75 Å². The lowest BCUT2D eigenvalue weighted by molar-refractivity contribution is -0.125. The first kappa shape index (κ1) is 15.3. The van der Waals surface area contributed by atoms with Crippen LogP contribution in [-0.2, 0) is 4.79 Å². The van der Waals surface area contributed by atoms with Crippen molar-refractivity contribution in [2.24, 2.45) is 11.1 Å². The van der Waals surface area contributed by atoms with Crippen LogP contribution in [0.15, 0.2) is 18.2 Å². The number of rotatable bonds is 4. The van der Waals surface area contributed by atoms with E-state index in [4.69, 9.17) is 15.6 Å². The summed E-state index contributed by atoms with van der Waals surface area (Å²) in [5.74, 6) is -1.01. The van der Waals surface area contributed by atoms with Gasteiger partial charge in [0.25, 0.3) is 0 Å². The highest BCUT2D eigenvalue weighted by molar-refractivity contribution is 5.97. The van der Waals surface area contributed by atoms with E-state index in [0.717, 1.165) is 19.3 Å². The first-order chi connectivity index (χ1) is 9.88. The molecule has 1 fully saturated rings. The van der Waals surface area contributed by atoms with Crippen LogP contribution >= 0.6 is 0 Å². The van der Waals surface area contributed by atoms with Crippen LogP contribution in [0.2, 0.25) is 0 Å². The summed E-state index contributed by atoms with van der Waals surface area (Å²) < 4.78 is 5.04. The standard InChI is InChI=1S/C15H20N2O4/c1-15(7-3-4-12(15)16)14(20)17-9-5-6-10(13(18)19)11(8-9)21-2/h5-6,8,12H,3-4,7,16H2,1-2H3,(H,17,20)(H,18,19). The number of amides is 1. The smallest absolute Gasteiger partial charge is 0.339 e. The molecule has 0 bridgehead atoms. The van der Waals surface area contributed by atoms with Crippen molar-refractivity contribution in [3.63, 3.8) is 0 Å². The van der Waals surface area contributed by atoms with Crippen molar-refractivity contribution < 1.29 is 19.4 Å². The molecule has 21 heavy (non-hydrogen) atoms. The maximum absolute atomic E-state index is 12.4. The fraction of sp³-hybridized carbons (Fsp3) is 0.467. The highest BCUT2D eigenvalue weighted by Gasteiger charge is 2.42. The molecule has 0 heterocycles. The predicted octanol–water partition coefficient (Wildman–Crippen LogP) is 1.85. The van der Waals surface area contributed by atoms with Gasteiger partial charge in [-0.05, 0) is 31.9 Å². The van der Waals surface area contributed by atoms with Crippen molar-refractivity contribution in [1.82, 2.24) is 0 Å². The highest BCUT2D eigenvalue weighted by atomic mass is 16.5. The van der Waals surface area contributed by atoms with Gasteiger partial charge in [-0.15, -0.1) is 0 Å². The summed E-state index contributed by atoms with van der Waals surface area (Å²) in [7, 11) is 1.39. The molecule has 4 N–H and O–H groups in total. The maximum Gasteiger partial charge on any atom is 0.339 e. The molecule has 2 unspecified atom stereocenters. The van der Waals surface area contributed by atoms with Gasteiger partial charge in [0, 0.05) is 17.8 Å². The predicted molar refractivity (Wildman–Crippen MR) is 78.5 cm³/mol. The Morgan fingerprint density at radius 1 is 1.48 bits per heavy atom. The largest absolute Gasteiger partial charge is 0.496 e. The molecule has 1 amide bonds. The monoisotopic (exact) mass is 292 g/mol. The van der Waals surface area contributed by atoms with E-state index < -0.39 is 11.4 Å². The van der Waals surface area contributed by atoms with Gasteiger partial charge in [-0.1, -0.05) is 6.42 Å². The second kappa shape index (κ2) is 5.73. The van der Waals surface area contributed by atoms with Crippen molar-refractivity contribution in [3.8, 4) is 5.75 Å². The molecule has 0 aliphatic heterocycles. The van der Waals surface area contributed by atoms with Crippen molar-refractivity contribution >= 4 is 17.6 Å². The van der Waals surface area contributed by atoms with Crippen LogP contribution in [0.25, 0.3) is 0 Å². The summed E-state index contributed by atoms with van der Waals surface area (Å²) in [5.41, 5.74) is 6.00. The number of aromatic carboxylic acids is 1. The first-order valence-electron chi connectivity index (χ1n) is 6.87. The average molecular weight is 292 g/mol. The first-order valence-corrected chi connectivity index (χ1v) is 6.87. The number of anilines is 1. The number of methoxy groups -OCH3 is 1. The number of ether oxygens (including phenoxy) is 1. The van der Waals surface area contributed by atoms with Crippen LogP contribution in [-0.4, -0.2) is 30.1 Å². The lowest BCUT2D eigenvalue weighted by Crippen LogP contribution is -2.44. The number of hydrogen-bond donors (Lipinski definition) is 3. The summed E-state index contributed by atoms with van der Waals surface area (Å²) >= 11 is 0. The molecule has 0 spiro atoms. The van der Waals surface area contributed by atoms with Crippen molar-refractivity contribution in [2.45, 2.75) is 32.2 Å². The van der Waals surface area contributed by atoms with Gasteiger partial charge in [0.05, 0.1) is 12.5 Å². The molecule has 6 nitrogen and oxygen atoms in total. The fourth-order valence-electron chi connectivity index (χ4n) is 2.69. The summed E-state index contributed by atoms with van der Waals surface area (Å²) in [5, 5.41) is 11.8. The van der Waals surface area contributed by atoms with Crippen LogP contribution in [0.3, 0.4) is 0 Å². The lowest BCUT2D eigenvalue weighted by Gasteiger charge is -2.27. The molecule has 2 rings (SSSR count). The van der Waals surface area contributed by atoms with E-state index in [1.54, 1.807) is 6.07 Å². The third-order valence-electron chi connectivity index (χ3n) is 4.24. The Labute approximate surface area is 123 Å². The SMILES string of the molecule is COc1cc(NC(=O)C2(C)CCCC2N)ccc1C(=O)O. The van der Waals surface area contributed by atoms with E-state index >= 15 is 0 Å². The Morgan fingerprint density at radius 2 is 2.19 bits per heavy atom. The highest BCUT2D eigenvalue weighted by Crippen LogP contribution is 2.38. The number of benzene rings is 1. The molecule has 1 saturated carbocycles. The molecule has 0 aromatic heterocycles. The summed E-state index contributed by atoms with van der Waals surface area (Å²) in [6, 6.07) is 4.31. The number of carboxylic acids is 1.